The van der Waals surface area contributed by atoms with E-state index < -0.39 is 5.95 Å². The first-order valence-corrected chi connectivity index (χ1v) is 5.39. The van der Waals surface area contributed by atoms with Crippen molar-refractivity contribution in [2.75, 3.05) is 11.9 Å². The van der Waals surface area contributed by atoms with Gasteiger partial charge in [-0.05, 0) is 31.5 Å². The molecule has 1 aliphatic heterocycles. The summed E-state index contributed by atoms with van der Waals surface area (Å²) in [5.74, 6) is -0.608. The molecule has 1 saturated heterocycles. The van der Waals surface area contributed by atoms with Gasteiger partial charge in [0.05, 0.1) is 11.9 Å². The molecule has 0 spiro atoms. The van der Waals surface area contributed by atoms with Gasteiger partial charge < -0.3 is 10.6 Å². The highest BCUT2D eigenvalue weighted by atomic mass is 19.1. The zero-order valence-electron chi connectivity index (χ0n) is 8.87. The minimum Gasteiger partial charge on any atom is -0.325 e. The van der Waals surface area contributed by atoms with Crippen molar-refractivity contribution in [3.8, 4) is 0 Å². The molecule has 1 unspecified atom stereocenters. The molecule has 1 aromatic heterocycles. The van der Waals surface area contributed by atoms with Crippen LogP contribution in [0.1, 0.15) is 19.3 Å². The highest BCUT2D eigenvalue weighted by molar-refractivity contribution is 5.90. The number of rotatable bonds is 3. The Morgan fingerprint density at radius 2 is 2.50 bits per heavy atom. The largest absolute Gasteiger partial charge is 0.325 e. The molecule has 1 atom stereocenters. The maximum atomic E-state index is 12.5. The van der Waals surface area contributed by atoms with Crippen LogP contribution in [-0.2, 0) is 4.79 Å². The molecular formula is C11H14FN3O. The van der Waals surface area contributed by atoms with E-state index in [1.165, 1.54) is 18.3 Å². The summed E-state index contributed by atoms with van der Waals surface area (Å²) in [6, 6.07) is 3.00. The van der Waals surface area contributed by atoms with Gasteiger partial charge in [0.1, 0.15) is 0 Å². The van der Waals surface area contributed by atoms with E-state index in [-0.39, 0.29) is 11.9 Å². The molecule has 86 valence electrons. The molecular weight excluding hydrogens is 209 g/mol. The van der Waals surface area contributed by atoms with E-state index in [9.17, 15) is 9.18 Å². The van der Waals surface area contributed by atoms with Crippen molar-refractivity contribution < 1.29 is 9.18 Å². The third-order valence-electron chi connectivity index (χ3n) is 2.61. The first-order chi connectivity index (χ1) is 7.74. The first-order valence-electron chi connectivity index (χ1n) is 5.39. The summed E-state index contributed by atoms with van der Waals surface area (Å²) in [6.07, 6.45) is 3.93. The Morgan fingerprint density at radius 3 is 3.12 bits per heavy atom. The van der Waals surface area contributed by atoms with Crippen molar-refractivity contribution >= 4 is 11.6 Å². The van der Waals surface area contributed by atoms with Crippen LogP contribution in [0.4, 0.5) is 10.1 Å². The molecule has 1 fully saturated rings. The van der Waals surface area contributed by atoms with Gasteiger partial charge in [-0.15, -0.1) is 0 Å². The van der Waals surface area contributed by atoms with Gasteiger partial charge in [-0.2, -0.15) is 4.39 Å². The van der Waals surface area contributed by atoms with Crippen molar-refractivity contribution in [2.24, 2.45) is 0 Å². The predicted octanol–water partition coefficient (Wildman–Crippen LogP) is 1.30. The number of pyridine rings is 1. The molecule has 5 heteroatoms. The van der Waals surface area contributed by atoms with Gasteiger partial charge in [0.15, 0.2) is 0 Å². The average Bonchev–Trinajstić information content (AvgIpc) is 2.74. The highest BCUT2D eigenvalue weighted by Gasteiger charge is 2.17. The molecule has 0 bridgehead atoms. The van der Waals surface area contributed by atoms with Crippen molar-refractivity contribution in [1.29, 1.82) is 0 Å². The number of carbonyl (C=O) groups excluding carboxylic acids is 1. The lowest BCUT2D eigenvalue weighted by Gasteiger charge is -2.09. The third kappa shape index (κ3) is 3.00. The monoisotopic (exact) mass is 223 g/mol. The number of halogens is 1. The molecule has 2 N–H and O–H groups in total. The lowest BCUT2D eigenvalue weighted by Crippen LogP contribution is -2.27. The van der Waals surface area contributed by atoms with Crippen LogP contribution in [0.3, 0.4) is 0 Å². The van der Waals surface area contributed by atoms with Gasteiger partial charge in [-0.25, -0.2) is 4.98 Å². The molecule has 0 saturated carbocycles. The minimum atomic E-state index is -0.546. The normalized spacial score (nSPS) is 19.7. The van der Waals surface area contributed by atoms with Gasteiger partial charge in [0.25, 0.3) is 0 Å². The van der Waals surface area contributed by atoms with Crippen LogP contribution in [0.25, 0.3) is 0 Å². The second kappa shape index (κ2) is 5.03. The van der Waals surface area contributed by atoms with Gasteiger partial charge in [0.2, 0.25) is 11.9 Å². The first kappa shape index (κ1) is 11.0. The zero-order valence-corrected chi connectivity index (χ0v) is 8.87. The average molecular weight is 223 g/mol. The molecule has 4 nitrogen and oxygen atoms in total. The van der Waals surface area contributed by atoms with E-state index >= 15 is 0 Å². The number of hydrogen-bond acceptors (Lipinski definition) is 3. The van der Waals surface area contributed by atoms with Crippen LogP contribution in [0.15, 0.2) is 18.3 Å². The Morgan fingerprint density at radius 1 is 1.62 bits per heavy atom. The van der Waals surface area contributed by atoms with E-state index in [0.717, 1.165) is 19.4 Å². The number of aromatic nitrogens is 1. The molecule has 1 aromatic rings. The topological polar surface area (TPSA) is 54.0 Å². The zero-order chi connectivity index (χ0) is 11.4. The molecule has 2 rings (SSSR count). The maximum absolute atomic E-state index is 12.5. The fraction of sp³-hybridized carbons (Fsp3) is 0.455. The molecule has 0 aromatic carbocycles. The number of anilines is 1. The van der Waals surface area contributed by atoms with Gasteiger partial charge in [-0.1, -0.05) is 0 Å². The molecule has 1 amide bonds. The summed E-state index contributed by atoms with van der Waals surface area (Å²) in [5, 5.41) is 5.93. The Bertz CT molecular complexity index is 360. The summed E-state index contributed by atoms with van der Waals surface area (Å²) in [6.45, 7) is 0.982. The van der Waals surface area contributed by atoms with Crippen LogP contribution in [0, 0.1) is 5.95 Å². The SMILES string of the molecule is O=C(CC1CCCN1)Nc1ccc(F)nc1. The van der Waals surface area contributed by atoms with Gasteiger partial charge in [-0.3, -0.25) is 4.79 Å². The molecule has 1 aliphatic rings. The van der Waals surface area contributed by atoms with Crippen LogP contribution in [0.2, 0.25) is 0 Å². The Balaban J connectivity index is 1.84. The lowest BCUT2D eigenvalue weighted by atomic mass is 10.1. The van der Waals surface area contributed by atoms with Crippen LogP contribution in [0.5, 0.6) is 0 Å². The molecule has 0 radical (unpaired) electrons. The van der Waals surface area contributed by atoms with E-state index in [4.69, 9.17) is 0 Å². The number of hydrogen-bond donors (Lipinski definition) is 2. The lowest BCUT2D eigenvalue weighted by molar-refractivity contribution is -0.116. The number of nitrogens with one attached hydrogen (secondary N) is 2. The number of carbonyl (C=O) groups is 1. The molecule has 0 aliphatic carbocycles. The van der Waals surface area contributed by atoms with E-state index in [1.807, 2.05) is 0 Å². The smallest absolute Gasteiger partial charge is 0.225 e. The van der Waals surface area contributed by atoms with Crippen molar-refractivity contribution in [2.45, 2.75) is 25.3 Å². The van der Waals surface area contributed by atoms with Crippen LogP contribution in [-0.4, -0.2) is 23.5 Å². The standard InChI is InChI=1S/C11H14FN3O/c12-10-4-3-9(7-14-10)15-11(16)6-8-2-1-5-13-8/h3-4,7-8,13H,1-2,5-6H2,(H,15,16). The Hall–Kier alpha value is -1.49. The van der Waals surface area contributed by atoms with E-state index in [1.54, 1.807) is 0 Å². The van der Waals surface area contributed by atoms with E-state index in [0.29, 0.717) is 12.1 Å². The van der Waals surface area contributed by atoms with Crippen molar-refractivity contribution in [3.05, 3.63) is 24.3 Å². The number of nitrogens with zero attached hydrogens (tertiary/aromatic N) is 1. The third-order valence-corrected chi connectivity index (χ3v) is 2.61. The summed E-state index contributed by atoms with van der Waals surface area (Å²) in [5.41, 5.74) is 0.532. The van der Waals surface area contributed by atoms with Crippen molar-refractivity contribution in [3.63, 3.8) is 0 Å². The van der Waals surface area contributed by atoms with Crippen LogP contribution >= 0.6 is 0 Å². The summed E-state index contributed by atoms with van der Waals surface area (Å²) >= 11 is 0. The maximum Gasteiger partial charge on any atom is 0.225 e. The van der Waals surface area contributed by atoms with Gasteiger partial charge >= 0.3 is 0 Å². The van der Waals surface area contributed by atoms with E-state index in [2.05, 4.69) is 15.6 Å². The quantitative estimate of drug-likeness (QED) is 0.759. The van der Waals surface area contributed by atoms with Crippen molar-refractivity contribution in [1.82, 2.24) is 10.3 Å². The second-order valence-electron chi connectivity index (χ2n) is 3.92. The van der Waals surface area contributed by atoms with Gasteiger partial charge in [0, 0.05) is 12.5 Å². The predicted molar refractivity (Wildman–Crippen MR) is 58.5 cm³/mol. The Kier molecular flexibility index (Phi) is 3.46. The fourth-order valence-corrected chi connectivity index (χ4v) is 1.82. The molecule has 16 heavy (non-hydrogen) atoms. The summed E-state index contributed by atoms with van der Waals surface area (Å²) < 4.78 is 12.5. The highest BCUT2D eigenvalue weighted by Crippen LogP contribution is 2.11. The second-order valence-corrected chi connectivity index (χ2v) is 3.92. The molecule has 2 heterocycles. The summed E-state index contributed by atoms with van der Waals surface area (Å²) in [7, 11) is 0. The summed E-state index contributed by atoms with van der Waals surface area (Å²) in [4.78, 5) is 15.0. The number of amides is 1. The van der Waals surface area contributed by atoms with Crippen LogP contribution < -0.4 is 10.6 Å². The Labute approximate surface area is 93.3 Å². The fourth-order valence-electron chi connectivity index (χ4n) is 1.82. The minimum absolute atomic E-state index is 0.0622.